The van der Waals surface area contributed by atoms with Crippen LogP contribution in [0.25, 0.3) is 0 Å². The maximum atomic E-state index is 5.32. The van der Waals surface area contributed by atoms with Gasteiger partial charge >= 0.3 is 0 Å². The second kappa shape index (κ2) is 4.50. The molecule has 12 heavy (non-hydrogen) atoms. The van der Waals surface area contributed by atoms with Crippen molar-refractivity contribution >= 4 is 12.4 Å². The molecule has 1 atom stereocenters. The number of morpholine rings is 1. The lowest BCUT2D eigenvalue weighted by atomic mass is 10.2. The minimum absolute atomic E-state index is 0. The Morgan fingerprint density at radius 2 is 2.42 bits per heavy atom. The number of aromatic nitrogens is 1. The molecule has 0 spiro atoms. The van der Waals surface area contributed by atoms with E-state index in [9.17, 15) is 0 Å². The van der Waals surface area contributed by atoms with Crippen LogP contribution in [-0.2, 0) is 4.74 Å². The highest BCUT2D eigenvalue weighted by atomic mass is 35.5. The van der Waals surface area contributed by atoms with Crippen LogP contribution in [0, 0.1) is 0 Å². The molecule has 0 bridgehead atoms. The summed E-state index contributed by atoms with van der Waals surface area (Å²) in [6.45, 7) is 2.56. The summed E-state index contributed by atoms with van der Waals surface area (Å²) >= 11 is 0. The number of halogens is 1. The third-order valence-electron chi connectivity index (χ3n) is 1.92. The Labute approximate surface area is 77.9 Å². The molecule has 0 saturated carbocycles. The van der Waals surface area contributed by atoms with Gasteiger partial charge < -0.3 is 15.0 Å². The molecule has 4 heteroatoms. The summed E-state index contributed by atoms with van der Waals surface area (Å²) in [6.07, 6.45) is 1.94. The number of rotatable bonds is 1. The minimum atomic E-state index is 0. The van der Waals surface area contributed by atoms with Gasteiger partial charge in [0, 0.05) is 18.4 Å². The first kappa shape index (κ1) is 9.58. The first-order chi connectivity index (χ1) is 5.47. The molecule has 3 nitrogen and oxygen atoms in total. The van der Waals surface area contributed by atoms with E-state index < -0.39 is 0 Å². The van der Waals surface area contributed by atoms with Gasteiger partial charge in [-0.1, -0.05) is 0 Å². The largest absolute Gasteiger partial charge is 0.378 e. The van der Waals surface area contributed by atoms with Gasteiger partial charge in [-0.05, 0) is 12.1 Å². The number of hydrogen-bond acceptors (Lipinski definition) is 2. The van der Waals surface area contributed by atoms with E-state index in [1.54, 1.807) is 0 Å². The van der Waals surface area contributed by atoms with Crippen molar-refractivity contribution in [2.45, 2.75) is 6.04 Å². The van der Waals surface area contributed by atoms with Gasteiger partial charge in [0.25, 0.3) is 0 Å². The summed E-state index contributed by atoms with van der Waals surface area (Å²) in [6, 6.07) is 4.44. The first-order valence-corrected chi connectivity index (χ1v) is 3.91. The Morgan fingerprint density at radius 1 is 1.50 bits per heavy atom. The Hall–Kier alpha value is -0.510. The molecular formula is C8H13ClN2O. The second-order valence-corrected chi connectivity index (χ2v) is 2.71. The number of aromatic amines is 1. The summed E-state index contributed by atoms with van der Waals surface area (Å²) in [5, 5.41) is 3.37. The third kappa shape index (κ3) is 2.00. The number of nitrogens with one attached hydrogen (secondary N) is 2. The van der Waals surface area contributed by atoms with Gasteiger partial charge in [-0.15, -0.1) is 12.4 Å². The zero-order chi connectivity index (χ0) is 7.52. The molecule has 0 radical (unpaired) electrons. The lowest BCUT2D eigenvalue weighted by molar-refractivity contribution is 0.0758. The fourth-order valence-corrected chi connectivity index (χ4v) is 1.33. The quantitative estimate of drug-likeness (QED) is 0.693. The number of hydrogen-bond donors (Lipinski definition) is 2. The summed E-state index contributed by atoms with van der Waals surface area (Å²) in [4.78, 5) is 3.16. The van der Waals surface area contributed by atoms with Gasteiger partial charge in [-0.3, -0.25) is 0 Å². The molecule has 0 aliphatic carbocycles. The SMILES string of the molecule is Cl.c1c[nH]c([C@H]2COCCN2)c1. The van der Waals surface area contributed by atoms with Crippen molar-refractivity contribution in [2.24, 2.45) is 0 Å². The van der Waals surface area contributed by atoms with E-state index in [0.717, 1.165) is 19.8 Å². The summed E-state index contributed by atoms with van der Waals surface area (Å²) < 4.78 is 5.32. The molecule has 1 fully saturated rings. The molecule has 1 aliphatic heterocycles. The van der Waals surface area contributed by atoms with Crippen molar-refractivity contribution in [1.29, 1.82) is 0 Å². The normalized spacial score (nSPS) is 23.2. The van der Waals surface area contributed by atoms with E-state index in [1.165, 1.54) is 5.69 Å². The van der Waals surface area contributed by atoms with Gasteiger partial charge in [-0.2, -0.15) is 0 Å². The van der Waals surface area contributed by atoms with Gasteiger partial charge in [0.2, 0.25) is 0 Å². The number of ether oxygens (including phenoxy) is 1. The van der Waals surface area contributed by atoms with Crippen molar-refractivity contribution in [3.05, 3.63) is 24.0 Å². The molecule has 2 N–H and O–H groups in total. The van der Waals surface area contributed by atoms with Crippen LogP contribution in [0.3, 0.4) is 0 Å². The molecule has 0 aromatic carbocycles. The molecular weight excluding hydrogens is 176 g/mol. The first-order valence-electron chi connectivity index (χ1n) is 3.91. The summed E-state index contributed by atoms with van der Waals surface area (Å²) in [5.41, 5.74) is 1.21. The average molecular weight is 189 g/mol. The lowest BCUT2D eigenvalue weighted by Gasteiger charge is -2.22. The molecule has 2 rings (SSSR count). The van der Waals surface area contributed by atoms with Crippen LogP contribution in [0.5, 0.6) is 0 Å². The van der Waals surface area contributed by atoms with Crippen LogP contribution >= 0.6 is 12.4 Å². The standard InChI is InChI=1S/C8H12N2O.ClH/c1-2-7(9-3-1)8-6-11-5-4-10-8;/h1-3,8-10H,4-6H2;1H/t8-;/m1./s1. The van der Waals surface area contributed by atoms with Gasteiger partial charge in [0.1, 0.15) is 0 Å². The van der Waals surface area contributed by atoms with Gasteiger partial charge in [0.15, 0.2) is 0 Å². The molecule has 1 aromatic rings. The molecule has 0 unspecified atom stereocenters. The zero-order valence-electron chi connectivity index (χ0n) is 6.75. The Kier molecular flexibility index (Phi) is 3.59. The van der Waals surface area contributed by atoms with Crippen molar-refractivity contribution in [3.8, 4) is 0 Å². The number of H-pyrrole nitrogens is 1. The van der Waals surface area contributed by atoms with Crippen molar-refractivity contribution in [2.75, 3.05) is 19.8 Å². The molecule has 2 heterocycles. The van der Waals surface area contributed by atoms with Crippen LogP contribution in [0.1, 0.15) is 11.7 Å². The predicted molar refractivity (Wildman–Crippen MR) is 49.6 cm³/mol. The highest BCUT2D eigenvalue weighted by Gasteiger charge is 2.14. The fraction of sp³-hybridized carbons (Fsp3) is 0.500. The zero-order valence-corrected chi connectivity index (χ0v) is 7.56. The fourth-order valence-electron chi connectivity index (χ4n) is 1.33. The smallest absolute Gasteiger partial charge is 0.0711 e. The highest BCUT2D eigenvalue weighted by Crippen LogP contribution is 2.12. The molecule has 1 aromatic heterocycles. The van der Waals surface area contributed by atoms with Gasteiger partial charge in [0.05, 0.1) is 19.3 Å². The van der Waals surface area contributed by atoms with Crippen LogP contribution in [0.15, 0.2) is 18.3 Å². The van der Waals surface area contributed by atoms with Crippen LogP contribution in [-0.4, -0.2) is 24.7 Å². The lowest BCUT2D eigenvalue weighted by Crippen LogP contribution is -2.34. The molecule has 0 amide bonds. The Morgan fingerprint density at radius 3 is 3.00 bits per heavy atom. The van der Waals surface area contributed by atoms with Crippen LogP contribution < -0.4 is 5.32 Å². The summed E-state index contributed by atoms with van der Waals surface area (Å²) in [5.74, 6) is 0. The van der Waals surface area contributed by atoms with Crippen LogP contribution in [0.2, 0.25) is 0 Å². The summed E-state index contributed by atoms with van der Waals surface area (Å²) in [7, 11) is 0. The van der Waals surface area contributed by atoms with Crippen molar-refractivity contribution < 1.29 is 4.74 Å². The molecule has 1 aliphatic rings. The van der Waals surface area contributed by atoms with E-state index in [1.807, 2.05) is 12.3 Å². The Balaban J connectivity index is 0.000000720. The molecule has 68 valence electrons. The maximum Gasteiger partial charge on any atom is 0.0711 e. The van der Waals surface area contributed by atoms with E-state index in [4.69, 9.17) is 4.74 Å². The van der Waals surface area contributed by atoms with E-state index in [0.29, 0.717) is 6.04 Å². The third-order valence-corrected chi connectivity index (χ3v) is 1.92. The second-order valence-electron chi connectivity index (χ2n) is 2.71. The van der Waals surface area contributed by atoms with Crippen LogP contribution in [0.4, 0.5) is 0 Å². The monoisotopic (exact) mass is 188 g/mol. The maximum absolute atomic E-state index is 5.32. The van der Waals surface area contributed by atoms with Crippen molar-refractivity contribution in [3.63, 3.8) is 0 Å². The Bertz CT molecular complexity index is 207. The topological polar surface area (TPSA) is 37.0 Å². The highest BCUT2D eigenvalue weighted by molar-refractivity contribution is 5.85. The average Bonchev–Trinajstić information content (AvgIpc) is 2.58. The minimum Gasteiger partial charge on any atom is -0.378 e. The van der Waals surface area contributed by atoms with E-state index in [2.05, 4.69) is 16.4 Å². The van der Waals surface area contributed by atoms with Gasteiger partial charge in [-0.25, -0.2) is 0 Å². The van der Waals surface area contributed by atoms with E-state index >= 15 is 0 Å². The van der Waals surface area contributed by atoms with Crippen molar-refractivity contribution in [1.82, 2.24) is 10.3 Å². The molecule has 1 saturated heterocycles. The van der Waals surface area contributed by atoms with E-state index in [-0.39, 0.29) is 12.4 Å². The predicted octanol–water partition coefficient (Wildman–Crippen LogP) is 1.10.